The van der Waals surface area contributed by atoms with Gasteiger partial charge in [0.05, 0.1) is 12.6 Å². The number of nitrogens with zero attached hydrogens (tertiary/aromatic N) is 1. The summed E-state index contributed by atoms with van der Waals surface area (Å²) in [6.45, 7) is 9.82. The number of ether oxygens (including phenoxy) is 1. The Bertz CT molecular complexity index is 751. The molecule has 0 aromatic heterocycles. The molecule has 0 saturated carbocycles. The number of hydrogen-bond acceptors (Lipinski definition) is 2. The second-order valence-electron chi connectivity index (χ2n) is 9.35. The quantitative estimate of drug-likeness (QED) is 0.676. The van der Waals surface area contributed by atoms with Crippen LogP contribution >= 0.6 is 0 Å². The van der Waals surface area contributed by atoms with Gasteiger partial charge in [0.15, 0.2) is 0 Å². The van der Waals surface area contributed by atoms with E-state index in [4.69, 9.17) is 4.74 Å². The lowest BCUT2D eigenvalue weighted by Gasteiger charge is -2.42. The third kappa shape index (κ3) is 5.61. The van der Waals surface area contributed by atoms with Gasteiger partial charge in [0.25, 0.3) is 0 Å². The minimum absolute atomic E-state index is 0.242. The molecule has 29 heavy (non-hydrogen) atoms. The maximum absolute atomic E-state index is 6.13. The average Bonchev–Trinajstić information content (AvgIpc) is 2.72. The molecule has 158 valence electrons. The Morgan fingerprint density at radius 1 is 1.07 bits per heavy atom. The summed E-state index contributed by atoms with van der Waals surface area (Å²) in [7, 11) is 4.17. The van der Waals surface area contributed by atoms with Gasteiger partial charge in [-0.05, 0) is 43.4 Å². The maximum atomic E-state index is 6.13. The smallest absolute Gasteiger partial charge is 0.101 e. The Balaban J connectivity index is 1.65. The number of rotatable bonds is 8. The van der Waals surface area contributed by atoms with Crippen molar-refractivity contribution < 1.29 is 10.1 Å². The zero-order valence-corrected chi connectivity index (χ0v) is 18.9. The van der Waals surface area contributed by atoms with Gasteiger partial charge in [-0.1, -0.05) is 55.8 Å². The van der Waals surface area contributed by atoms with Crippen LogP contribution in [0, 0.1) is 12.8 Å². The van der Waals surface area contributed by atoms with E-state index in [1.165, 1.54) is 28.8 Å². The van der Waals surface area contributed by atoms with Crippen LogP contribution in [0.4, 0.5) is 5.69 Å². The molecule has 2 aromatic rings. The van der Waals surface area contributed by atoms with Crippen LogP contribution in [0.2, 0.25) is 0 Å². The lowest BCUT2D eigenvalue weighted by molar-refractivity contribution is -0.671. The standard InChI is InChI=1S/C26H38N2O/c1-20(2)25-18-26(15-17-29-25,23-10-6-21(3)7-11-23)14-16-27-19-22-8-12-24(13-9-22)28(4)5/h6-13,20,25,27H,14-19H2,1-5H3/p+1/t25-,26+/m1/s1. The average molecular weight is 396 g/mol. The first-order valence-electron chi connectivity index (χ1n) is 11.2. The maximum Gasteiger partial charge on any atom is 0.101 e. The van der Waals surface area contributed by atoms with Gasteiger partial charge >= 0.3 is 0 Å². The number of benzene rings is 2. The molecular weight excluding hydrogens is 356 g/mol. The number of hydrogen-bond donors (Lipinski definition) is 1. The number of aryl methyl sites for hydroxylation is 1. The summed E-state index contributed by atoms with van der Waals surface area (Å²) in [6.07, 6.45) is 3.84. The van der Waals surface area contributed by atoms with Crippen molar-refractivity contribution in [2.75, 3.05) is 32.1 Å². The molecule has 0 amide bonds. The van der Waals surface area contributed by atoms with E-state index >= 15 is 0 Å². The van der Waals surface area contributed by atoms with Gasteiger partial charge in [0, 0.05) is 43.8 Å². The number of quaternary nitrogens is 1. The van der Waals surface area contributed by atoms with Gasteiger partial charge < -0.3 is 15.0 Å². The van der Waals surface area contributed by atoms with E-state index in [9.17, 15) is 0 Å². The van der Waals surface area contributed by atoms with Crippen LogP contribution in [0.3, 0.4) is 0 Å². The summed E-state index contributed by atoms with van der Waals surface area (Å²) in [5, 5.41) is 2.47. The summed E-state index contributed by atoms with van der Waals surface area (Å²) < 4.78 is 6.13. The van der Waals surface area contributed by atoms with Crippen molar-refractivity contribution in [3.63, 3.8) is 0 Å². The molecule has 1 saturated heterocycles. The SMILES string of the molecule is Cc1ccc([C@@]2(CC[NH2+]Cc3ccc(N(C)C)cc3)CCO[C@@H](C(C)C)C2)cc1. The second kappa shape index (κ2) is 9.77. The van der Waals surface area contributed by atoms with Gasteiger partial charge in [-0.25, -0.2) is 0 Å². The predicted octanol–water partition coefficient (Wildman–Crippen LogP) is 4.29. The first kappa shape index (κ1) is 21.9. The molecule has 1 fully saturated rings. The molecule has 2 N–H and O–H groups in total. The first-order valence-corrected chi connectivity index (χ1v) is 11.2. The Hall–Kier alpha value is -1.84. The molecule has 3 rings (SSSR count). The van der Waals surface area contributed by atoms with Crippen molar-refractivity contribution in [3.8, 4) is 0 Å². The minimum atomic E-state index is 0.242. The highest BCUT2D eigenvalue weighted by atomic mass is 16.5. The van der Waals surface area contributed by atoms with Crippen molar-refractivity contribution in [1.82, 2.24) is 0 Å². The van der Waals surface area contributed by atoms with Crippen LogP contribution in [0.1, 0.15) is 49.8 Å². The molecule has 1 aliphatic rings. The van der Waals surface area contributed by atoms with E-state index in [-0.39, 0.29) is 5.41 Å². The highest BCUT2D eigenvalue weighted by molar-refractivity contribution is 5.45. The third-order valence-electron chi connectivity index (χ3n) is 6.57. The summed E-state index contributed by atoms with van der Waals surface area (Å²) in [5.74, 6) is 0.569. The first-order chi connectivity index (χ1) is 13.9. The second-order valence-corrected chi connectivity index (χ2v) is 9.35. The molecule has 1 heterocycles. The van der Waals surface area contributed by atoms with E-state index in [1.54, 1.807) is 0 Å². The minimum Gasteiger partial charge on any atom is -0.378 e. The van der Waals surface area contributed by atoms with Crippen LogP contribution in [0.25, 0.3) is 0 Å². The fraction of sp³-hybridized carbons (Fsp3) is 0.538. The molecule has 3 nitrogen and oxygen atoms in total. The van der Waals surface area contributed by atoms with Gasteiger partial charge in [-0.3, -0.25) is 0 Å². The van der Waals surface area contributed by atoms with E-state index in [2.05, 4.69) is 93.6 Å². The van der Waals surface area contributed by atoms with E-state index < -0.39 is 0 Å². The largest absolute Gasteiger partial charge is 0.378 e. The van der Waals surface area contributed by atoms with Gasteiger partial charge in [0.1, 0.15) is 6.54 Å². The van der Waals surface area contributed by atoms with Crippen molar-refractivity contribution in [2.45, 2.75) is 58.1 Å². The molecule has 0 bridgehead atoms. The Labute approximate surface area is 177 Å². The highest BCUT2D eigenvalue weighted by Gasteiger charge is 2.39. The molecule has 0 aliphatic carbocycles. The lowest BCUT2D eigenvalue weighted by Crippen LogP contribution is -2.83. The highest BCUT2D eigenvalue weighted by Crippen LogP contribution is 2.41. The fourth-order valence-corrected chi connectivity index (χ4v) is 4.50. The number of anilines is 1. The Morgan fingerprint density at radius 2 is 1.76 bits per heavy atom. The molecule has 1 aliphatic heterocycles. The predicted molar refractivity (Wildman–Crippen MR) is 123 cm³/mol. The van der Waals surface area contributed by atoms with Gasteiger partial charge in [0.2, 0.25) is 0 Å². The topological polar surface area (TPSA) is 29.1 Å². The van der Waals surface area contributed by atoms with Crippen LogP contribution in [0.5, 0.6) is 0 Å². The van der Waals surface area contributed by atoms with E-state index in [1.807, 2.05) is 0 Å². The zero-order valence-electron chi connectivity index (χ0n) is 18.9. The molecular formula is C26H39N2O+. The number of nitrogens with two attached hydrogens (primary N) is 1. The molecule has 0 unspecified atom stereocenters. The molecule has 2 atom stereocenters. The Kier molecular flexibility index (Phi) is 7.37. The Morgan fingerprint density at radius 3 is 2.38 bits per heavy atom. The van der Waals surface area contributed by atoms with Crippen LogP contribution in [0.15, 0.2) is 48.5 Å². The van der Waals surface area contributed by atoms with Gasteiger partial charge in [-0.2, -0.15) is 0 Å². The normalized spacial score (nSPS) is 22.1. The third-order valence-corrected chi connectivity index (χ3v) is 6.57. The zero-order chi connectivity index (χ0) is 20.9. The summed E-state index contributed by atoms with van der Waals surface area (Å²) in [6, 6.07) is 18.2. The summed E-state index contributed by atoms with van der Waals surface area (Å²) in [5.41, 5.74) is 5.73. The van der Waals surface area contributed by atoms with Crippen molar-refractivity contribution >= 4 is 5.69 Å². The van der Waals surface area contributed by atoms with Crippen molar-refractivity contribution in [3.05, 3.63) is 65.2 Å². The van der Waals surface area contributed by atoms with Crippen molar-refractivity contribution in [1.29, 1.82) is 0 Å². The van der Waals surface area contributed by atoms with Crippen LogP contribution in [-0.2, 0) is 16.7 Å². The molecule has 0 spiro atoms. The van der Waals surface area contributed by atoms with Crippen LogP contribution in [-0.4, -0.2) is 33.4 Å². The van der Waals surface area contributed by atoms with E-state index in [0.717, 1.165) is 32.5 Å². The fourth-order valence-electron chi connectivity index (χ4n) is 4.50. The monoisotopic (exact) mass is 395 g/mol. The van der Waals surface area contributed by atoms with Crippen molar-refractivity contribution in [2.24, 2.45) is 5.92 Å². The van der Waals surface area contributed by atoms with Gasteiger partial charge in [-0.15, -0.1) is 0 Å². The molecule has 3 heteroatoms. The summed E-state index contributed by atoms with van der Waals surface area (Å²) >= 11 is 0. The molecule has 2 aromatic carbocycles. The van der Waals surface area contributed by atoms with E-state index in [0.29, 0.717) is 12.0 Å². The summed E-state index contributed by atoms with van der Waals surface area (Å²) in [4.78, 5) is 2.15. The molecule has 0 radical (unpaired) electrons. The lowest BCUT2D eigenvalue weighted by atomic mass is 9.68. The van der Waals surface area contributed by atoms with Crippen LogP contribution < -0.4 is 10.2 Å².